The number of carbonyl (C=O) groups excluding carboxylic acids is 1. The molecule has 1 amide bonds. The van der Waals surface area contributed by atoms with E-state index in [9.17, 15) is 4.79 Å². The summed E-state index contributed by atoms with van der Waals surface area (Å²) in [6.45, 7) is 2.51. The van der Waals surface area contributed by atoms with Crippen LogP contribution in [0.1, 0.15) is 25.3 Å². The first kappa shape index (κ1) is 12.6. The molecule has 0 bridgehead atoms. The van der Waals surface area contributed by atoms with Crippen molar-refractivity contribution >= 4 is 5.91 Å². The quantitative estimate of drug-likeness (QED) is 0.812. The molecule has 0 saturated carbocycles. The van der Waals surface area contributed by atoms with Crippen molar-refractivity contribution in [2.75, 3.05) is 7.05 Å². The molecule has 16 heavy (non-hydrogen) atoms. The second kappa shape index (κ2) is 6.23. The average molecular weight is 221 g/mol. The van der Waals surface area contributed by atoms with Gasteiger partial charge in [0.15, 0.2) is 0 Å². The molecule has 0 aliphatic heterocycles. The molecule has 88 valence electrons. The third-order valence-electron chi connectivity index (χ3n) is 2.38. The van der Waals surface area contributed by atoms with Crippen LogP contribution in [-0.2, 0) is 11.3 Å². The molecule has 0 saturated heterocycles. The molecule has 4 heteroatoms. The van der Waals surface area contributed by atoms with Crippen molar-refractivity contribution in [3.05, 3.63) is 30.1 Å². The molecule has 0 spiro atoms. The predicted octanol–water partition coefficient (Wildman–Crippen LogP) is 1.17. The summed E-state index contributed by atoms with van der Waals surface area (Å²) < 4.78 is 0. The van der Waals surface area contributed by atoms with Gasteiger partial charge >= 0.3 is 0 Å². The summed E-state index contributed by atoms with van der Waals surface area (Å²) in [5.74, 6) is 0.126. The van der Waals surface area contributed by atoms with E-state index in [-0.39, 0.29) is 11.9 Å². The fourth-order valence-electron chi connectivity index (χ4n) is 1.40. The molecule has 0 aliphatic carbocycles. The minimum absolute atomic E-state index is 0.0794. The number of carbonyl (C=O) groups is 1. The van der Waals surface area contributed by atoms with Gasteiger partial charge in [-0.3, -0.25) is 9.78 Å². The molecule has 2 N–H and O–H groups in total. The van der Waals surface area contributed by atoms with E-state index < -0.39 is 0 Å². The molecule has 0 radical (unpaired) electrons. The Kier molecular flexibility index (Phi) is 4.92. The first-order valence-corrected chi connectivity index (χ1v) is 5.48. The predicted molar refractivity (Wildman–Crippen MR) is 63.6 cm³/mol. The van der Waals surface area contributed by atoms with E-state index >= 15 is 0 Å². The fraction of sp³-hybridized carbons (Fsp3) is 0.500. The zero-order valence-corrected chi connectivity index (χ0v) is 9.89. The Balaban J connectivity index is 2.40. The van der Waals surface area contributed by atoms with E-state index in [1.807, 2.05) is 19.1 Å². The smallest absolute Gasteiger partial charge is 0.222 e. The van der Waals surface area contributed by atoms with Crippen LogP contribution in [-0.4, -0.2) is 28.9 Å². The zero-order valence-electron chi connectivity index (χ0n) is 9.89. The van der Waals surface area contributed by atoms with Crippen LogP contribution in [0.5, 0.6) is 0 Å². The highest BCUT2D eigenvalue weighted by atomic mass is 16.2. The topological polar surface area (TPSA) is 59.2 Å². The van der Waals surface area contributed by atoms with Gasteiger partial charge in [-0.2, -0.15) is 0 Å². The van der Waals surface area contributed by atoms with Crippen molar-refractivity contribution in [1.29, 1.82) is 0 Å². The van der Waals surface area contributed by atoms with Gasteiger partial charge in [0.2, 0.25) is 5.91 Å². The maximum atomic E-state index is 11.7. The van der Waals surface area contributed by atoms with Crippen molar-refractivity contribution in [3.63, 3.8) is 0 Å². The van der Waals surface area contributed by atoms with Crippen LogP contribution in [0.3, 0.4) is 0 Å². The Bertz CT molecular complexity index is 324. The molecule has 1 heterocycles. The highest BCUT2D eigenvalue weighted by Gasteiger charge is 2.09. The van der Waals surface area contributed by atoms with Crippen molar-refractivity contribution < 1.29 is 4.79 Å². The number of hydrogen-bond acceptors (Lipinski definition) is 3. The van der Waals surface area contributed by atoms with Gasteiger partial charge in [-0.05, 0) is 25.0 Å². The Morgan fingerprint density at radius 3 is 2.94 bits per heavy atom. The SMILES string of the molecule is CC(N)CCC(=O)N(C)Cc1cccnc1. The van der Waals surface area contributed by atoms with E-state index in [0.29, 0.717) is 13.0 Å². The van der Waals surface area contributed by atoms with Crippen LogP contribution in [0.15, 0.2) is 24.5 Å². The van der Waals surface area contributed by atoms with Gasteiger partial charge < -0.3 is 10.6 Å². The van der Waals surface area contributed by atoms with Crippen LogP contribution in [0, 0.1) is 0 Å². The third-order valence-corrected chi connectivity index (χ3v) is 2.38. The average Bonchev–Trinajstić information content (AvgIpc) is 2.27. The lowest BCUT2D eigenvalue weighted by Crippen LogP contribution is -2.28. The van der Waals surface area contributed by atoms with Gasteiger partial charge in [0.25, 0.3) is 0 Å². The number of nitrogens with zero attached hydrogens (tertiary/aromatic N) is 2. The molecule has 1 aromatic rings. The lowest BCUT2D eigenvalue weighted by molar-refractivity contribution is -0.130. The van der Waals surface area contributed by atoms with Crippen LogP contribution in [0.25, 0.3) is 0 Å². The van der Waals surface area contributed by atoms with Gasteiger partial charge in [0.1, 0.15) is 0 Å². The van der Waals surface area contributed by atoms with Crippen LogP contribution >= 0.6 is 0 Å². The van der Waals surface area contributed by atoms with Gasteiger partial charge in [0.05, 0.1) is 0 Å². The van der Waals surface area contributed by atoms with E-state index in [1.54, 1.807) is 24.3 Å². The Morgan fingerprint density at radius 1 is 1.62 bits per heavy atom. The Labute approximate surface area is 96.5 Å². The standard InChI is InChI=1S/C12H19N3O/c1-10(13)5-6-12(16)15(2)9-11-4-3-7-14-8-11/h3-4,7-8,10H,5-6,9,13H2,1-2H3. The Morgan fingerprint density at radius 2 is 2.38 bits per heavy atom. The zero-order chi connectivity index (χ0) is 12.0. The summed E-state index contributed by atoms with van der Waals surface area (Å²) in [6, 6.07) is 3.91. The highest BCUT2D eigenvalue weighted by molar-refractivity contribution is 5.75. The van der Waals surface area contributed by atoms with E-state index in [1.165, 1.54) is 0 Å². The van der Waals surface area contributed by atoms with Gasteiger partial charge in [-0.15, -0.1) is 0 Å². The van der Waals surface area contributed by atoms with Crippen molar-refractivity contribution in [1.82, 2.24) is 9.88 Å². The number of amides is 1. The Hall–Kier alpha value is -1.42. The monoisotopic (exact) mass is 221 g/mol. The lowest BCUT2D eigenvalue weighted by Gasteiger charge is -2.17. The molecule has 1 unspecified atom stereocenters. The largest absolute Gasteiger partial charge is 0.341 e. The second-order valence-electron chi connectivity index (χ2n) is 4.13. The number of pyridine rings is 1. The third kappa shape index (κ3) is 4.40. The minimum atomic E-state index is 0.0794. The molecule has 4 nitrogen and oxygen atoms in total. The maximum absolute atomic E-state index is 11.7. The number of rotatable bonds is 5. The molecule has 0 aliphatic rings. The molecule has 0 aromatic carbocycles. The van der Waals surface area contributed by atoms with Crippen LogP contribution < -0.4 is 5.73 Å². The summed E-state index contributed by atoms with van der Waals surface area (Å²) in [4.78, 5) is 17.4. The number of hydrogen-bond donors (Lipinski definition) is 1. The van der Waals surface area contributed by atoms with Crippen molar-refractivity contribution in [3.8, 4) is 0 Å². The van der Waals surface area contributed by atoms with Gasteiger partial charge in [0, 0.05) is 38.4 Å². The van der Waals surface area contributed by atoms with Crippen LogP contribution in [0.2, 0.25) is 0 Å². The van der Waals surface area contributed by atoms with E-state index in [4.69, 9.17) is 5.73 Å². The normalized spacial score (nSPS) is 12.2. The van der Waals surface area contributed by atoms with Crippen LogP contribution in [0.4, 0.5) is 0 Å². The first-order valence-electron chi connectivity index (χ1n) is 5.48. The molecule has 1 atom stereocenters. The van der Waals surface area contributed by atoms with Crippen molar-refractivity contribution in [2.45, 2.75) is 32.4 Å². The fourth-order valence-corrected chi connectivity index (χ4v) is 1.40. The summed E-state index contributed by atoms with van der Waals surface area (Å²) >= 11 is 0. The molecular weight excluding hydrogens is 202 g/mol. The summed E-state index contributed by atoms with van der Waals surface area (Å²) in [5, 5.41) is 0. The van der Waals surface area contributed by atoms with Gasteiger partial charge in [-0.25, -0.2) is 0 Å². The molecule has 1 aromatic heterocycles. The second-order valence-corrected chi connectivity index (χ2v) is 4.13. The summed E-state index contributed by atoms with van der Waals surface area (Å²) in [7, 11) is 1.80. The maximum Gasteiger partial charge on any atom is 0.222 e. The summed E-state index contributed by atoms with van der Waals surface area (Å²) in [5.41, 5.74) is 6.65. The highest BCUT2D eigenvalue weighted by Crippen LogP contribution is 2.04. The van der Waals surface area contributed by atoms with Gasteiger partial charge in [-0.1, -0.05) is 6.07 Å². The first-order chi connectivity index (χ1) is 7.59. The van der Waals surface area contributed by atoms with E-state index in [2.05, 4.69) is 4.98 Å². The molecular formula is C12H19N3O. The summed E-state index contributed by atoms with van der Waals surface area (Å²) in [6.07, 6.45) is 4.74. The lowest BCUT2D eigenvalue weighted by atomic mass is 10.2. The molecule has 1 rings (SSSR count). The minimum Gasteiger partial charge on any atom is -0.341 e. The van der Waals surface area contributed by atoms with Crippen molar-refractivity contribution in [2.24, 2.45) is 5.73 Å². The number of nitrogens with two attached hydrogens (primary N) is 1. The molecule has 0 fully saturated rings. The number of aromatic nitrogens is 1. The van der Waals surface area contributed by atoms with E-state index in [0.717, 1.165) is 12.0 Å².